The number of allylic oxidation sites excluding steroid dienone is 1. The summed E-state index contributed by atoms with van der Waals surface area (Å²) in [6.45, 7) is 15.8. The first-order valence-corrected chi connectivity index (χ1v) is 10.1. The van der Waals surface area contributed by atoms with Crippen LogP contribution in [0.1, 0.15) is 26.3 Å². The van der Waals surface area contributed by atoms with Crippen LogP contribution < -0.4 is 0 Å². The van der Waals surface area contributed by atoms with Gasteiger partial charge in [0.05, 0.1) is 6.61 Å². The lowest BCUT2D eigenvalue weighted by molar-refractivity contribution is 0.153. The molecule has 21 heavy (non-hydrogen) atoms. The summed E-state index contributed by atoms with van der Waals surface area (Å²) in [5, 5.41) is 0.154. The van der Waals surface area contributed by atoms with Crippen molar-refractivity contribution < 1.29 is 9.16 Å². The maximum absolute atomic E-state index is 5.98. The monoisotopic (exact) mass is 302 g/mol. The summed E-state index contributed by atoms with van der Waals surface area (Å²) in [5.41, 5.74) is 1.15. The predicted octanol–water partition coefficient (Wildman–Crippen LogP) is 4.74. The zero-order chi connectivity index (χ0) is 15.9. The summed E-state index contributed by atoms with van der Waals surface area (Å²) in [4.78, 5) is 0. The van der Waals surface area contributed by atoms with Gasteiger partial charge in [0.1, 0.15) is 12.4 Å². The maximum Gasteiger partial charge on any atom is 0.251 e. The van der Waals surface area contributed by atoms with E-state index in [0.29, 0.717) is 19.0 Å². The fourth-order valence-corrected chi connectivity index (χ4v) is 2.39. The fraction of sp³-hybridized carbons (Fsp3) is 0.444. The molecule has 0 fully saturated rings. The Hall–Kier alpha value is -1.50. The fourth-order valence-electron chi connectivity index (χ4n) is 1.42. The van der Waals surface area contributed by atoms with Gasteiger partial charge in [-0.1, -0.05) is 57.0 Å². The van der Waals surface area contributed by atoms with Gasteiger partial charge in [-0.3, -0.25) is 0 Å². The SMILES string of the molecule is C=C(C#CCOCc1ccccc1)O[Si](C)(C)C(C)(C)C. The minimum atomic E-state index is -1.83. The van der Waals surface area contributed by atoms with Crippen molar-refractivity contribution in [2.45, 2.75) is 45.5 Å². The van der Waals surface area contributed by atoms with Crippen LogP contribution in [-0.4, -0.2) is 14.9 Å². The molecule has 3 heteroatoms. The molecule has 0 saturated carbocycles. The lowest BCUT2D eigenvalue weighted by Crippen LogP contribution is -2.40. The third-order valence-corrected chi connectivity index (χ3v) is 8.07. The molecule has 0 aliphatic rings. The maximum atomic E-state index is 5.98. The van der Waals surface area contributed by atoms with Crippen molar-refractivity contribution in [3.05, 3.63) is 48.2 Å². The highest BCUT2D eigenvalue weighted by Crippen LogP contribution is 2.37. The molecule has 0 unspecified atom stereocenters. The average Bonchev–Trinajstić information content (AvgIpc) is 2.37. The zero-order valence-corrected chi connectivity index (χ0v) is 14.8. The van der Waals surface area contributed by atoms with Crippen molar-refractivity contribution in [2.75, 3.05) is 6.61 Å². The molecule has 1 aromatic rings. The zero-order valence-electron chi connectivity index (χ0n) is 13.8. The highest BCUT2D eigenvalue weighted by Gasteiger charge is 2.38. The summed E-state index contributed by atoms with van der Waals surface area (Å²) < 4.78 is 11.5. The second-order valence-electron chi connectivity index (χ2n) is 6.57. The van der Waals surface area contributed by atoms with Gasteiger partial charge < -0.3 is 9.16 Å². The third kappa shape index (κ3) is 6.20. The molecule has 1 aromatic carbocycles. The van der Waals surface area contributed by atoms with Gasteiger partial charge in [-0.05, 0) is 36.2 Å². The number of hydrogen-bond donors (Lipinski definition) is 0. The molecule has 0 spiro atoms. The van der Waals surface area contributed by atoms with E-state index >= 15 is 0 Å². The molecule has 0 bridgehead atoms. The Balaban J connectivity index is 2.36. The van der Waals surface area contributed by atoms with E-state index in [-0.39, 0.29) is 5.04 Å². The van der Waals surface area contributed by atoms with Crippen LogP contribution >= 0.6 is 0 Å². The van der Waals surface area contributed by atoms with Crippen LogP contribution in [0, 0.1) is 11.8 Å². The van der Waals surface area contributed by atoms with Crippen LogP contribution in [0.25, 0.3) is 0 Å². The Morgan fingerprint density at radius 1 is 1.19 bits per heavy atom. The first-order chi connectivity index (χ1) is 9.72. The Morgan fingerprint density at radius 2 is 1.81 bits per heavy atom. The van der Waals surface area contributed by atoms with Crippen molar-refractivity contribution in [3.8, 4) is 11.8 Å². The highest BCUT2D eigenvalue weighted by molar-refractivity contribution is 6.74. The molecule has 0 aliphatic heterocycles. The van der Waals surface area contributed by atoms with E-state index in [2.05, 4.69) is 52.3 Å². The Morgan fingerprint density at radius 3 is 2.38 bits per heavy atom. The van der Waals surface area contributed by atoms with E-state index in [1.807, 2.05) is 30.3 Å². The number of benzene rings is 1. The van der Waals surface area contributed by atoms with Crippen molar-refractivity contribution in [3.63, 3.8) is 0 Å². The molecule has 0 saturated heterocycles. The summed E-state index contributed by atoms with van der Waals surface area (Å²) in [7, 11) is -1.83. The summed E-state index contributed by atoms with van der Waals surface area (Å²) in [5.74, 6) is 6.44. The lowest BCUT2D eigenvalue weighted by atomic mass is 10.2. The molecule has 0 N–H and O–H groups in total. The Labute approximate surface area is 130 Å². The Bertz CT molecular complexity index is 516. The molecule has 114 valence electrons. The van der Waals surface area contributed by atoms with Crippen molar-refractivity contribution in [2.24, 2.45) is 0 Å². The summed E-state index contributed by atoms with van der Waals surface area (Å²) >= 11 is 0. The molecule has 0 atom stereocenters. The van der Waals surface area contributed by atoms with Crippen LogP contribution in [0.2, 0.25) is 18.1 Å². The first-order valence-electron chi connectivity index (χ1n) is 7.21. The molecule has 0 radical (unpaired) electrons. The molecular formula is C18H26O2Si. The van der Waals surface area contributed by atoms with Crippen molar-refractivity contribution >= 4 is 8.32 Å². The van der Waals surface area contributed by atoms with Gasteiger partial charge in [0.25, 0.3) is 8.32 Å². The van der Waals surface area contributed by atoms with Crippen LogP contribution in [0.3, 0.4) is 0 Å². The van der Waals surface area contributed by atoms with E-state index < -0.39 is 8.32 Å². The van der Waals surface area contributed by atoms with Gasteiger partial charge in [0.2, 0.25) is 0 Å². The van der Waals surface area contributed by atoms with Gasteiger partial charge >= 0.3 is 0 Å². The molecule has 0 aromatic heterocycles. The van der Waals surface area contributed by atoms with Crippen LogP contribution in [-0.2, 0) is 15.8 Å². The van der Waals surface area contributed by atoms with Crippen molar-refractivity contribution in [1.82, 2.24) is 0 Å². The Kier molecular flexibility index (Phi) is 6.26. The lowest BCUT2D eigenvalue weighted by Gasteiger charge is -2.36. The number of hydrogen-bond acceptors (Lipinski definition) is 2. The molecule has 2 nitrogen and oxygen atoms in total. The van der Waals surface area contributed by atoms with Gasteiger partial charge in [-0.25, -0.2) is 0 Å². The summed E-state index contributed by atoms with van der Waals surface area (Å²) in [6.07, 6.45) is 0. The van der Waals surface area contributed by atoms with Crippen molar-refractivity contribution in [1.29, 1.82) is 0 Å². The normalized spacial score (nSPS) is 11.5. The van der Waals surface area contributed by atoms with Gasteiger partial charge in [-0.2, -0.15) is 0 Å². The predicted molar refractivity (Wildman–Crippen MR) is 91.3 cm³/mol. The van der Waals surface area contributed by atoms with Crippen LogP contribution in [0.15, 0.2) is 42.7 Å². The molecule has 0 amide bonds. The second kappa shape index (κ2) is 7.49. The minimum absolute atomic E-state index is 0.154. The summed E-state index contributed by atoms with van der Waals surface area (Å²) in [6, 6.07) is 10.1. The van der Waals surface area contributed by atoms with Crippen LogP contribution in [0.4, 0.5) is 0 Å². The smallest absolute Gasteiger partial charge is 0.251 e. The number of rotatable bonds is 5. The van der Waals surface area contributed by atoms with E-state index in [9.17, 15) is 0 Å². The number of ether oxygens (including phenoxy) is 1. The van der Waals surface area contributed by atoms with Gasteiger partial charge in [0.15, 0.2) is 0 Å². The largest absolute Gasteiger partial charge is 0.538 e. The van der Waals surface area contributed by atoms with Crippen LogP contribution in [0.5, 0.6) is 0 Å². The highest BCUT2D eigenvalue weighted by atomic mass is 28.4. The minimum Gasteiger partial charge on any atom is -0.538 e. The van der Waals surface area contributed by atoms with E-state index in [0.717, 1.165) is 5.56 Å². The van der Waals surface area contributed by atoms with E-state index in [1.54, 1.807) is 0 Å². The third-order valence-electron chi connectivity index (χ3n) is 3.70. The molecule has 1 rings (SSSR count). The second-order valence-corrected chi connectivity index (χ2v) is 11.3. The first kappa shape index (κ1) is 17.5. The van der Waals surface area contributed by atoms with E-state index in [1.165, 1.54) is 0 Å². The quantitative estimate of drug-likeness (QED) is 0.338. The van der Waals surface area contributed by atoms with Gasteiger partial charge in [-0.15, -0.1) is 0 Å². The average molecular weight is 302 g/mol. The molecule has 0 heterocycles. The van der Waals surface area contributed by atoms with E-state index in [4.69, 9.17) is 9.16 Å². The standard InChI is InChI=1S/C18H26O2Si/c1-16(20-21(5,6)18(2,3)4)11-10-14-19-15-17-12-8-7-9-13-17/h7-9,12-13H,1,14-15H2,2-6H3. The molecule has 0 aliphatic carbocycles. The molecular weight excluding hydrogens is 276 g/mol. The van der Waals surface area contributed by atoms with Gasteiger partial charge in [0, 0.05) is 0 Å². The topological polar surface area (TPSA) is 18.5 Å².